The number of likely N-dealkylation sites (tertiary alicyclic amines) is 1. The topological polar surface area (TPSA) is 85.2 Å². The second kappa shape index (κ2) is 5.17. The molecule has 1 aliphatic heterocycles. The normalized spacial score (nSPS) is 23.5. The van der Waals surface area contributed by atoms with Crippen LogP contribution >= 0.6 is 11.3 Å². The van der Waals surface area contributed by atoms with Crippen molar-refractivity contribution in [2.24, 2.45) is 5.73 Å². The highest BCUT2D eigenvalue weighted by atomic mass is 32.1. The predicted octanol–water partition coefficient (Wildman–Crippen LogP) is 2.45. The van der Waals surface area contributed by atoms with Crippen LogP contribution in [0.1, 0.15) is 59.5 Å². The summed E-state index contributed by atoms with van der Waals surface area (Å²) < 4.78 is 5.44. The van der Waals surface area contributed by atoms with E-state index >= 15 is 0 Å². The molecule has 0 bridgehead atoms. The van der Waals surface area contributed by atoms with Gasteiger partial charge in [-0.05, 0) is 43.6 Å². The van der Waals surface area contributed by atoms with E-state index in [0.717, 1.165) is 43.5 Å². The first-order valence-corrected chi connectivity index (χ1v) is 8.53. The van der Waals surface area contributed by atoms with Gasteiger partial charge in [-0.15, -0.1) is 11.3 Å². The molecule has 0 spiro atoms. The summed E-state index contributed by atoms with van der Waals surface area (Å²) in [7, 11) is 0. The highest BCUT2D eigenvalue weighted by Crippen LogP contribution is 2.39. The molecule has 2 fully saturated rings. The van der Waals surface area contributed by atoms with Crippen LogP contribution in [0, 0.1) is 0 Å². The molecule has 2 N–H and O–H groups in total. The van der Waals surface area contributed by atoms with Crippen LogP contribution in [0.2, 0.25) is 0 Å². The first-order chi connectivity index (χ1) is 10.7. The van der Waals surface area contributed by atoms with Crippen molar-refractivity contribution in [3.05, 3.63) is 34.1 Å². The van der Waals surface area contributed by atoms with Gasteiger partial charge in [0, 0.05) is 6.54 Å². The summed E-state index contributed by atoms with van der Waals surface area (Å²) in [6, 6.07) is 3.62. The fourth-order valence-corrected chi connectivity index (χ4v) is 3.84. The number of rotatable bonds is 3. The van der Waals surface area contributed by atoms with Crippen molar-refractivity contribution in [1.29, 1.82) is 0 Å². The van der Waals surface area contributed by atoms with Gasteiger partial charge in [0.2, 0.25) is 5.89 Å². The molecule has 4 rings (SSSR count). The number of nitrogens with two attached hydrogens (primary N) is 1. The van der Waals surface area contributed by atoms with E-state index in [0.29, 0.717) is 11.7 Å². The third-order valence-electron chi connectivity index (χ3n) is 4.66. The second-order valence-electron chi connectivity index (χ2n) is 6.10. The van der Waals surface area contributed by atoms with E-state index < -0.39 is 5.54 Å². The van der Waals surface area contributed by atoms with Crippen LogP contribution in [0.4, 0.5) is 0 Å². The smallest absolute Gasteiger partial charge is 0.264 e. The van der Waals surface area contributed by atoms with E-state index in [4.69, 9.17) is 10.3 Å². The number of aromatic nitrogens is 2. The number of thiophene rings is 1. The van der Waals surface area contributed by atoms with Gasteiger partial charge in [0.25, 0.3) is 5.91 Å². The summed E-state index contributed by atoms with van der Waals surface area (Å²) in [5.41, 5.74) is 5.82. The van der Waals surface area contributed by atoms with E-state index in [1.165, 1.54) is 11.3 Å². The highest BCUT2D eigenvalue weighted by molar-refractivity contribution is 7.12. The zero-order valence-electron chi connectivity index (χ0n) is 12.2. The number of amides is 1. The fourth-order valence-electron chi connectivity index (χ4n) is 3.16. The van der Waals surface area contributed by atoms with Crippen LogP contribution in [-0.2, 0) is 5.54 Å². The van der Waals surface area contributed by atoms with Gasteiger partial charge in [-0.1, -0.05) is 11.2 Å². The van der Waals surface area contributed by atoms with Gasteiger partial charge in [-0.2, -0.15) is 4.98 Å². The quantitative estimate of drug-likeness (QED) is 0.939. The molecule has 0 aromatic carbocycles. The van der Waals surface area contributed by atoms with Crippen molar-refractivity contribution in [2.45, 2.75) is 43.7 Å². The first-order valence-electron chi connectivity index (χ1n) is 7.65. The van der Waals surface area contributed by atoms with Gasteiger partial charge in [0.05, 0.1) is 10.4 Å². The highest BCUT2D eigenvalue weighted by Gasteiger charge is 2.41. The number of carbonyl (C=O) groups is 1. The zero-order chi connectivity index (χ0) is 15.2. The monoisotopic (exact) mass is 318 g/mol. The van der Waals surface area contributed by atoms with E-state index in [9.17, 15) is 4.79 Å². The Labute approximate surface area is 132 Å². The molecule has 1 saturated heterocycles. The molecule has 22 heavy (non-hydrogen) atoms. The molecule has 7 heteroatoms. The molecule has 1 aliphatic carbocycles. The van der Waals surface area contributed by atoms with Crippen molar-refractivity contribution in [1.82, 2.24) is 15.0 Å². The maximum absolute atomic E-state index is 12.6. The molecule has 1 amide bonds. The molecule has 0 radical (unpaired) electrons. The largest absolute Gasteiger partial charge is 0.337 e. The lowest BCUT2D eigenvalue weighted by atomic mass is 9.77. The number of nitrogens with zero attached hydrogens (tertiary/aromatic N) is 3. The van der Waals surface area contributed by atoms with Crippen molar-refractivity contribution in [3.63, 3.8) is 0 Å². The third kappa shape index (κ3) is 2.16. The van der Waals surface area contributed by atoms with Crippen molar-refractivity contribution < 1.29 is 9.32 Å². The van der Waals surface area contributed by atoms with E-state index in [1.54, 1.807) is 0 Å². The van der Waals surface area contributed by atoms with Gasteiger partial charge in [0.1, 0.15) is 6.04 Å². The van der Waals surface area contributed by atoms with Crippen molar-refractivity contribution in [2.75, 3.05) is 6.54 Å². The van der Waals surface area contributed by atoms with E-state index in [-0.39, 0.29) is 11.9 Å². The summed E-state index contributed by atoms with van der Waals surface area (Å²) in [6.07, 6.45) is 4.71. The Bertz CT molecular complexity index is 678. The molecule has 116 valence electrons. The van der Waals surface area contributed by atoms with Crippen LogP contribution in [-0.4, -0.2) is 27.5 Å². The molecule has 1 saturated carbocycles. The molecule has 2 aromatic rings. The Balaban J connectivity index is 1.57. The molecule has 2 aliphatic rings. The molecule has 3 heterocycles. The maximum Gasteiger partial charge on any atom is 0.264 e. The van der Waals surface area contributed by atoms with Gasteiger partial charge in [0.15, 0.2) is 5.82 Å². The Kier molecular flexibility index (Phi) is 3.27. The maximum atomic E-state index is 12.6. The summed E-state index contributed by atoms with van der Waals surface area (Å²) in [4.78, 5) is 19.7. The lowest BCUT2D eigenvalue weighted by Gasteiger charge is -2.34. The van der Waals surface area contributed by atoms with Gasteiger partial charge < -0.3 is 15.2 Å². The Hall–Kier alpha value is -1.73. The van der Waals surface area contributed by atoms with Crippen LogP contribution in [0.3, 0.4) is 0 Å². The second-order valence-corrected chi connectivity index (χ2v) is 7.05. The Morgan fingerprint density at radius 3 is 3.00 bits per heavy atom. The minimum absolute atomic E-state index is 0.0448. The molecule has 1 unspecified atom stereocenters. The minimum atomic E-state index is -0.428. The average Bonchev–Trinajstić information content (AvgIpc) is 3.23. The SMILES string of the molecule is NC1(c2noc(C3CCCN3C(=O)c3cccs3)n2)CCC1. The van der Waals surface area contributed by atoms with Crippen LogP contribution in [0.5, 0.6) is 0 Å². The first kappa shape index (κ1) is 13.9. The van der Waals surface area contributed by atoms with Crippen molar-refractivity contribution >= 4 is 17.2 Å². The van der Waals surface area contributed by atoms with Crippen LogP contribution < -0.4 is 5.73 Å². The summed E-state index contributed by atoms with van der Waals surface area (Å²) >= 11 is 1.46. The number of hydrogen-bond donors (Lipinski definition) is 1. The van der Waals surface area contributed by atoms with E-state index in [1.807, 2.05) is 22.4 Å². The van der Waals surface area contributed by atoms with Gasteiger partial charge in [-0.3, -0.25) is 4.79 Å². The lowest BCUT2D eigenvalue weighted by molar-refractivity contribution is 0.0715. The number of hydrogen-bond acceptors (Lipinski definition) is 6. The molecule has 6 nitrogen and oxygen atoms in total. The van der Waals surface area contributed by atoms with Crippen LogP contribution in [0.25, 0.3) is 0 Å². The average molecular weight is 318 g/mol. The fraction of sp³-hybridized carbons (Fsp3) is 0.533. The summed E-state index contributed by atoms with van der Waals surface area (Å²) in [5, 5.41) is 5.98. The lowest BCUT2D eigenvalue weighted by Crippen LogP contribution is -2.44. The van der Waals surface area contributed by atoms with E-state index in [2.05, 4.69) is 10.1 Å². The van der Waals surface area contributed by atoms with Crippen LogP contribution in [0.15, 0.2) is 22.0 Å². The Morgan fingerprint density at radius 2 is 2.32 bits per heavy atom. The zero-order valence-corrected chi connectivity index (χ0v) is 13.0. The Morgan fingerprint density at radius 1 is 1.45 bits per heavy atom. The third-order valence-corrected chi connectivity index (χ3v) is 5.52. The molecule has 1 atom stereocenters. The standard InChI is InChI=1S/C15H18N4O2S/c16-15(6-3-7-15)14-17-12(21-18-14)10-4-1-8-19(10)13(20)11-5-2-9-22-11/h2,5,9-10H,1,3-4,6-8,16H2. The van der Waals surface area contributed by atoms with Gasteiger partial charge >= 0.3 is 0 Å². The van der Waals surface area contributed by atoms with Gasteiger partial charge in [-0.25, -0.2) is 0 Å². The minimum Gasteiger partial charge on any atom is -0.337 e. The molecular weight excluding hydrogens is 300 g/mol. The summed E-state index contributed by atoms with van der Waals surface area (Å²) in [5.74, 6) is 1.15. The summed E-state index contributed by atoms with van der Waals surface area (Å²) in [6.45, 7) is 0.729. The number of carbonyl (C=O) groups excluding carboxylic acids is 1. The molecular formula is C15H18N4O2S. The molecule has 2 aromatic heterocycles. The van der Waals surface area contributed by atoms with Crippen molar-refractivity contribution in [3.8, 4) is 0 Å². The predicted molar refractivity (Wildman–Crippen MR) is 81.3 cm³/mol.